The molecule has 0 fully saturated rings. The van der Waals surface area contributed by atoms with Crippen LogP contribution < -0.4 is 11.1 Å². The van der Waals surface area contributed by atoms with Crippen LogP contribution in [0.25, 0.3) is 0 Å². The predicted molar refractivity (Wildman–Crippen MR) is 82.8 cm³/mol. The van der Waals surface area contributed by atoms with Crippen molar-refractivity contribution in [3.05, 3.63) is 22.4 Å². The first-order valence-corrected chi connectivity index (χ1v) is 8.32. The number of hydrogen-bond acceptors (Lipinski definition) is 6. The summed E-state index contributed by atoms with van der Waals surface area (Å²) in [5, 5.41) is 4.92. The number of nitrogens with two attached hydrogens (primary N) is 1. The molecule has 7 heteroatoms. The van der Waals surface area contributed by atoms with Crippen LogP contribution in [0.2, 0.25) is 0 Å². The van der Waals surface area contributed by atoms with Crippen LogP contribution in [0, 0.1) is 0 Å². The highest BCUT2D eigenvalue weighted by atomic mass is 32.2. The SMILES string of the molecule is COC(=O)C(N)CCSCC(=O)NC(C)c1cccs1. The van der Waals surface area contributed by atoms with Gasteiger partial charge in [0, 0.05) is 4.88 Å². The Balaban J connectivity index is 2.16. The van der Waals surface area contributed by atoms with Crippen molar-refractivity contribution in [2.24, 2.45) is 5.73 Å². The fourth-order valence-electron chi connectivity index (χ4n) is 1.54. The molecule has 0 aliphatic rings. The van der Waals surface area contributed by atoms with E-state index in [-0.39, 0.29) is 11.9 Å². The molecule has 0 saturated carbocycles. The summed E-state index contributed by atoms with van der Waals surface area (Å²) in [4.78, 5) is 24.0. The molecule has 1 heterocycles. The highest BCUT2D eigenvalue weighted by Crippen LogP contribution is 2.18. The van der Waals surface area contributed by atoms with E-state index in [4.69, 9.17) is 5.73 Å². The minimum Gasteiger partial charge on any atom is -0.468 e. The summed E-state index contributed by atoms with van der Waals surface area (Å²) in [6, 6.07) is 3.38. The number of methoxy groups -OCH3 is 1. The monoisotopic (exact) mass is 316 g/mol. The van der Waals surface area contributed by atoms with E-state index in [2.05, 4.69) is 10.1 Å². The number of carbonyl (C=O) groups is 2. The lowest BCUT2D eigenvalue weighted by Gasteiger charge is -2.12. The van der Waals surface area contributed by atoms with Gasteiger partial charge in [-0.15, -0.1) is 11.3 Å². The van der Waals surface area contributed by atoms with Crippen LogP contribution in [-0.4, -0.2) is 36.5 Å². The van der Waals surface area contributed by atoms with E-state index in [0.29, 0.717) is 17.9 Å². The molecule has 0 radical (unpaired) electrons. The van der Waals surface area contributed by atoms with Crippen LogP contribution in [0.5, 0.6) is 0 Å². The smallest absolute Gasteiger partial charge is 0.322 e. The highest BCUT2D eigenvalue weighted by Gasteiger charge is 2.14. The van der Waals surface area contributed by atoms with Gasteiger partial charge in [0.1, 0.15) is 6.04 Å². The molecule has 2 unspecified atom stereocenters. The average molecular weight is 316 g/mol. The number of thioether (sulfide) groups is 1. The first-order valence-electron chi connectivity index (χ1n) is 6.28. The Morgan fingerprint density at radius 1 is 1.55 bits per heavy atom. The highest BCUT2D eigenvalue weighted by molar-refractivity contribution is 7.99. The third kappa shape index (κ3) is 5.94. The maximum absolute atomic E-state index is 11.7. The van der Waals surface area contributed by atoms with Crippen molar-refractivity contribution in [3.63, 3.8) is 0 Å². The maximum Gasteiger partial charge on any atom is 0.322 e. The molecule has 1 aromatic rings. The van der Waals surface area contributed by atoms with Crippen LogP contribution in [0.4, 0.5) is 0 Å². The molecule has 0 saturated heterocycles. The zero-order chi connectivity index (χ0) is 15.0. The van der Waals surface area contributed by atoms with Gasteiger partial charge >= 0.3 is 5.97 Å². The number of carbonyl (C=O) groups excluding carboxylic acids is 2. The number of hydrogen-bond donors (Lipinski definition) is 2. The standard InChI is InChI=1S/C13H20N2O3S2/c1-9(11-4-3-6-20-11)15-12(16)8-19-7-5-10(14)13(17)18-2/h3-4,6,9-10H,5,7-8,14H2,1-2H3,(H,15,16). The van der Waals surface area contributed by atoms with Crippen molar-refractivity contribution < 1.29 is 14.3 Å². The normalized spacial score (nSPS) is 13.6. The molecule has 5 nitrogen and oxygen atoms in total. The quantitative estimate of drug-likeness (QED) is 0.562. The third-order valence-electron chi connectivity index (χ3n) is 2.66. The van der Waals surface area contributed by atoms with E-state index in [1.807, 2.05) is 24.4 Å². The van der Waals surface area contributed by atoms with Gasteiger partial charge in [-0.1, -0.05) is 6.07 Å². The van der Waals surface area contributed by atoms with E-state index in [1.165, 1.54) is 18.9 Å². The van der Waals surface area contributed by atoms with Crippen LogP contribution >= 0.6 is 23.1 Å². The number of nitrogens with one attached hydrogen (secondary N) is 1. The van der Waals surface area contributed by atoms with Crippen LogP contribution in [0.1, 0.15) is 24.3 Å². The van der Waals surface area contributed by atoms with E-state index in [9.17, 15) is 9.59 Å². The molecule has 0 spiro atoms. The van der Waals surface area contributed by atoms with Crippen molar-refractivity contribution in [2.45, 2.75) is 25.4 Å². The minimum atomic E-state index is -0.611. The molecule has 3 N–H and O–H groups in total. The molecule has 0 aliphatic carbocycles. The topological polar surface area (TPSA) is 81.4 Å². The molecule has 1 aromatic heterocycles. The summed E-state index contributed by atoms with van der Waals surface area (Å²) in [6.45, 7) is 1.96. The third-order valence-corrected chi connectivity index (χ3v) is 4.70. The predicted octanol–water partition coefficient (Wildman–Crippen LogP) is 1.55. The number of thiophene rings is 1. The summed E-state index contributed by atoms with van der Waals surface area (Å²) in [5.41, 5.74) is 5.60. The van der Waals surface area contributed by atoms with Crippen molar-refractivity contribution in [2.75, 3.05) is 18.6 Å². The molecule has 0 aliphatic heterocycles. The van der Waals surface area contributed by atoms with E-state index < -0.39 is 12.0 Å². The fourth-order valence-corrected chi connectivity index (χ4v) is 3.10. The largest absolute Gasteiger partial charge is 0.468 e. The molecular weight excluding hydrogens is 296 g/mol. The van der Waals surface area contributed by atoms with Crippen LogP contribution in [-0.2, 0) is 14.3 Å². The van der Waals surface area contributed by atoms with E-state index in [1.54, 1.807) is 11.3 Å². The van der Waals surface area contributed by atoms with Gasteiger partial charge in [-0.2, -0.15) is 11.8 Å². The zero-order valence-corrected chi connectivity index (χ0v) is 13.3. The van der Waals surface area contributed by atoms with Gasteiger partial charge in [-0.05, 0) is 30.5 Å². The molecule has 112 valence electrons. The Morgan fingerprint density at radius 2 is 2.30 bits per heavy atom. The lowest BCUT2D eigenvalue weighted by molar-refractivity contribution is -0.142. The lowest BCUT2D eigenvalue weighted by atomic mass is 10.2. The van der Waals surface area contributed by atoms with Crippen molar-refractivity contribution >= 4 is 35.0 Å². The Bertz CT molecular complexity index is 423. The average Bonchev–Trinajstić information content (AvgIpc) is 2.96. The van der Waals surface area contributed by atoms with Gasteiger partial charge in [0.25, 0.3) is 0 Å². The zero-order valence-electron chi connectivity index (χ0n) is 11.6. The molecule has 0 aromatic carbocycles. The second kappa shape index (κ2) is 8.99. The van der Waals surface area contributed by atoms with Crippen LogP contribution in [0.15, 0.2) is 17.5 Å². The van der Waals surface area contributed by atoms with Crippen LogP contribution in [0.3, 0.4) is 0 Å². The number of esters is 1. The van der Waals surface area contributed by atoms with Gasteiger partial charge in [-0.3, -0.25) is 9.59 Å². The minimum absolute atomic E-state index is 0.0115. The maximum atomic E-state index is 11.7. The number of rotatable bonds is 8. The Labute approximate surface area is 127 Å². The Kier molecular flexibility index (Phi) is 7.64. The Morgan fingerprint density at radius 3 is 2.90 bits per heavy atom. The van der Waals surface area contributed by atoms with E-state index in [0.717, 1.165) is 4.88 Å². The molecule has 1 rings (SSSR count). The van der Waals surface area contributed by atoms with Crippen molar-refractivity contribution in [3.8, 4) is 0 Å². The second-order valence-corrected chi connectivity index (χ2v) is 6.36. The summed E-state index contributed by atoms with van der Waals surface area (Å²) in [7, 11) is 1.31. The summed E-state index contributed by atoms with van der Waals surface area (Å²) >= 11 is 3.08. The van der Waals surface area contributed by atoms with Crippen molar-refractivity contribution in [1.82, 2.24) is 5.32 Å². The molecular formula is C13H20N2O3S2. The first-order chi connectivity index (χ1) is 9.54. The van der Waals surface area contributed by atoms with Gasteiger partial charge in [-0.25, -0.2) is 0 Å². The Hall–Kier alpha value is -1.05. The summed E-state index contributed by atoms with van der Waals surface area (Å²) in [6.07, 6.45) is 0.505. The molecule has 1 amide bonds. The van der Waals surface area contributed by atoms with Gasteiger partial charge in [0.15, 0.2) is 0 Å². The number of amides is 1. The molecule has 20 heavy (non-hydrogen) atoms. The second-order valence-electron chi connectivity index (χ2n) is 4.28. The molecule has 2 atom stereocenters. The first kappa shape index (κ1) is 17.0. The summed E-state index contributed by atoms with van der Waals surface area (Å²) < 4.78 is 4.53. The van der Waals surface area contributed by atoms with Gasteiger partial charge in [0.2, 0.25) is 5.91 Å². The fraction of sp³-hybridized carbons (Fsp3) is 0.538. The van der Waals surface area contributed by atoms with Crippen molar-refractivity contribution in [1.29, 1.82) is 0 Å². The lowest BCUT2D eigenvalue weighted by Crippen LogP contribution is -2.32. The summed E-state index contributed by atoms with van der Waals surface area (Å²) in [5.74, 6) is 0.588. The molecule has 0 bridgehead atoms. The van der Waals surface area contributed by atoms with Gasteiger partial charge < -0.3 is 15.8 Å². The van der Waals surface area contributed by atoms with E-state index >= 15 is 0 Å². The number of ether oxygens (including phenoxy) is 1. The van der Waals surface area contributed by atoms with Gasteiger partial charge in [0.05, 0.1) is 18.9 Å².